The van der Waals surface area contributed by atoms with Gasteiger partial charge in [0.05, 0.1) is 17.2 Å². The lowest BCUT2D eigenvalue weighted by molar-refractivity contribution is -0.123. The Labute approximate surface area is 208 Å². The summed E-state index contributed by atoms with van der Waals surface area (Å²) in [5.74, 6) is -0.0747. The van der Waals surface area contributed by atoms with Gasteiger partial charge >= 0.3 is 0 Å². The van der Waals surface area contributed by atoms with Crippen LogP contribution < -0.4 is 5.32 Å². The van der Waals surface area contributed by atoms with E-state index in [9.17, 15) is 9.59 Å². The third-order valence-electron chi connectivity index (χ3n) is 6.22. The van der Waals surface area contributed by atoms with Crippen LogP contribution in [0.1, 0.15) is 24.1 Å². The number of nitrogens with one attached hydrogen (secondary N) is 1. The first-order valence-corrected chi connectivity index (χ1v) is 12.6. The fraction of sp³-hybridized carbons (Fsp3) is 0.296. The summed E-state index contributed by atoms with van der Waals surface area (Å²) in [5.41, 5.74) is 3.70. The molecule has 2 amide bonds. The van der Waals surface area contributed by atoms with E-state index in [1.807, 2.05) is 77.1 Å². The van der Waals surface area contributed by atoms with Gasteiger partial charge in [0.15, 0.2) is 5.17 Å². The highest BCUT2D eigenvalue weighted by Gasteiger charge is 2.43. The van der Waals surface area contributed by atoms with Gasteiger partial charge in [-0.1, -0.05) is 36.4 Å². The molecule has 1 aliphatic heterocycles. The smallest absolute Gasteiger partial charge is 0.267 e. The van der Waals surface area contributed by atoms with E-state index in [0.717, 1.165) is 45.9 Å². The summed E-state index contributed by atoms with van der Waals surface area (Å²) in [7, 11) is 1.61. The summed E-state index contributed by atoms with van der Waals surface area (Å²) in [4.78, 5) is 33.3. The second kappa shape index (κ2) is 10.1. The molecule has 1 aliphatic carbocycles. The second-order valence-electron chi connectivity index (χ2n) is 8.69. The Morgan fingerprint density at radius 3 is 2.66 bits per heavy atom. The number of carbonyl (C=O) groups excluding carboxylic acids is 2. The van der Waals surface area contributed by atoms with Crippen LogP contribution in [0.5, 0.6) is 0 Å². The Kier molecular flexibility index (Phi) is 6.74. The molecule has 1 saturated heterocycles. The van der Waals surface area contributed by atoms with E-state index in [-0.39, 0.29) is 24.4 Å². The van der Waals surface area contributed by atoms with Gasteiger partial charge in [-0.3, -0.25) is 14.5 Å². The molecule has 3 aromatic rings. The van der Waals surface area contributed by atoms with Crippen molar-refractivity contribution < 1.29 is 14.3 Å². The highest BCUT2D eigenvalue weighted by atomic mass is 32.2. The molecule has 2 heterocycles. The van der Waals surface area contributed by atoms with E-state index in [1.54, 1.807) is 7.11 Å². The number of benzene rings is 2. The Morgan fingerprint density at radius 1 is 1.17 bits per heavy atom. The maximum atomic E-state index is 13.4. The Morgan fingerprint density at radius 2 is 1.91 bits per heavy atom. The van der Waals surface area contributed by atoms with Crippen molar-refractivity contribution in [2.24, 2.45) is 4.99 Å². The van der Waals surface area contributed by atoms with E-state index in [1.165, 1.54) is 11.8 Å². The normalized spacial score (nSPS) is 18.2. The van der Waals surface area contributed by atoms with Crippen LogP contribution in [0.25, 0.3) is 17.0 Å². The van der Waals surface area contributed by atoms with Crippen molar-refractivity contribution in [3.63, 3.8) is 0 Å². The molecule has 35 heavy (non-hydrogen) atoms. The highest BCUT2D eigenvalue weighted by Crippen LogP contribution is 2.42. The minimum absolute atomic E-state index is 0.000668. The molecular formula is C27H28N4O3S. The quantitative estimate of drug-likeness (QED) is 0.375. The van der Waals surface area contributed by atoms with E-state index >= 15 is 0 Å². The monoisotopic (exact) mass is 488 g/mol. The Hall–Kier alpha value is -3.36. The minimum atomic E-state index is -0.0754. The van der Waals surface area contributed by atoms with Gasteiger partial charge in [0, 0.05) is 41.9 Å². The molecule has 0 bridgehead atoms. The number of hydrogen-bond donors (Lipinski definition) is 1. The fourth-order valence-electron chi connectivity index (χ4n) is 4.30. The van der Waals surface area contributed by atoms with Crippen LogP contribution in [0.4, 0.5) is 5.69 Å². The average molecular weight is 489 g/mol. The molecule has 0 radical (unpaired) electrons. The van der Waals surface area contributed by atoms with Crippen LogP contribution in [-0.4, -0.2) is 52.8 Å². The number of hydrogen-bond acceptors (Lipinski definition) is 5. The van der Waals surface area contributed by atoms with E-state index in [2.05, 4.69) is 5.32 Å². The minimum Gasteiger partial charge on any atom is -0.383 e. The van der Waals surface area contributed by atoms with Gasteiger partial charge in [-0.25, -0.2) is 4.99 Å². The first kappa shape index (κ1) is 23.4. The molecule has 2 fully saturated rings. The maximum absolute atomic E-state index is 13.4. The molecule has 1 N–H and O–H groups in total. The highest BCUT2D eigenvalue weighted by molar-refractivity contribution is 8.18. The second-order valence-corrected chi connectivity index (χ2v) is 9.70. The number of fused-ring (bicyclic) bond motifs is 1. The zero-order valence-corrected chi connectivity index (χ0v) is 20.7. The molecule has 7 nitrogen and oxygen atoms in total. The number of thioether (sulfide) groups is 1. The first-order valence-electron chi connectivity index (χ1n) is 11.8. The van der Waals surface area contributed by atoms with Gasteiger partial charge in [0.25, 0.3) is 5.91 Å². The summed E-state index contributed by atoms with van der Waals surface area (Å²) in [6.45, 7) is 3.14. The molecule has 180 valence electrons. The van der Waals surface area contributed by atoms with Gasteiger partial charge in [-0.05, 0) is 55.8 Å². The van der Waals surface area contributed by atoms with Gasteiger partial charge in [0.2, 0.25) is 5.91 Å². The van der Waals surface area contributed by atoms with Crippen molar-refractivity contribution in [2.75, 3.05) is 20.3 Å². The molecule has 2 aliphatic rings. The largest absolute Gasteiger partial charge is 0.383 e. The topological polar surface area (TPSA) is 75.9 Å². The van der Waals surface area contributed by atoms with Crippen molar-refractivity contribution in [3.05, 3.63) is 70.8 Å². The number of amidine groups is 1. The fourth-order valence-corrected chi connectivity index (χ4v) is 5.34. The number of aromatic nitrogens is 1. The first-order chi connectivity index (χ1) is 17.1. The lowest BCUT2D eigenvalue weighted by Gasteiger charge is -2.13. The van der Waals surface area contributed by atoms with Gasteiger partial charge in [-0.2, -0.15) is 0 Å². The van der Waals surface area contributed by atoms with Crippen LogP contribution in [0.15, 0.2) is 64.5 Å². The van der Waals surface area contributed by atoms with Gasteiger partial charge in [0.1, 0.15) is 6.54 Å². The van der Waals surface area contributed by atoms with Gasteiger partial charge in [-0.15, -0.1) is 0 Å². The number of carbonyl (C=O) groups is 2. The van der Waals surface area contributed by atoms with Crippen molar-refractivity contribution in [2.45, 2.75) is 32.4 Å². The summed E-state index contributed by atoms with van der Waals surface area (Å²) < 4.78 is 7.03. The van der Waals surface area contributed by atoms with E-state index in [0.29, 0.717) is 18.1 Å². The maximum Gasteiger partial charge on any atom is 0.267 e. The van der Waals surface area contributed by atoms with Crippen LogP contribution in [0, 0.1) is 6.92 Å². The number of para-hydroxylation sites is 2. The third kappa shape index (κ3) is 4.90. The van der Waals surface area contributed by atoms with Crippen molar-refractivity contribution >= 4 is 51.4 Å². The molecule has 8 heteroatoms. The predicted octanol–water partition coefficient (Wildman–Crippen LogP) is 4.48. The average Bonchev–Trinajstić information content (AvgIpc) is 3.61. The van der Waals surface area contributed by atoms with Crippen LogP contribution in [0.2, 0.25) is 0 Å². The number of aliphatic imine (C=N–C) groups is 1. The molecule has 2 aromatic carbocycles. The molecule has 0 spiro atoms. The van der Waals surface area contributed by atoms with Crippen LogP contribution in [0.3, 0.4) is 0 Å². The molecule has 0 atom stereocenters. The summed E-state index contributed by atoms with van der Waals surface area (Å²) in [6, 6.07) is 18.0. The van der Waals surface area contributed by atoms with Gasteiger partial charge < -0.3 is 14.6 Å². The standard InChI is InChI=1S/C27H28N4O3S/c1-18-22(21-10-6-7-11-23(21)30(18)17-25(32)28-14-15-34-2)16-24-26(33)31(20-12-13-20)27(35-24)29-19-8-4-3-5-9-19/h3-11,16,20H,12-15,17H2,1-2H3,(H,28,32)/b24-16+,29-27?. The SMILES string of the molecule is COCCNC(=O)Cn1c(C)c(/C=C2/SC(=Nc3ccccc3)N(C3CC3)C2=O)c2ccccc21. The molecule has 0 unspecified atom stereocenters. The number of methoxy groups -OCH3 is 1. The van der Waals surface area contributed by atoms with Crippen molar-refractivity contribution in [3.8, 4) is 0 Å². The number of ether oxygens (including phenoxy) is 1. The van der Waals surface area contributed by atoms with Crippen LogP contribution >= 0.6 is 11.8 Å². The summed E-state index contributed by atoms with van der Waals surface area (Å²) in [5, 5.41) is 4.63. The summed E-state index contributed by atoms with van der Waals surface area (Å²) in [6.07, 6.45) is 3.97. The Balaban J connectivity index is 1.50. The predicted molar refractivity (Wildman–Crippen MR) is 141 cm³/mol. The van der Waals surface area contributed by atoms with E-state index < -0.39 is 0 Å². The zero-order valence-electron chi connectivity index (χ0n) is 19.9. The molecule has 1 saturated carbocycles. The number of nitrogens with zero attached hydrogens (tertiary/aromatic N) is 3. The van der Waals surface area contributed by atoms with Crippen molar-refractivity contribution in [1.82, 2.24) is 14.8 Å². The molecule has 5 rings (SSSR count). The lowest BCUT2D eigenvalue weighted by Crippen LogP contribution is -2.31. The number of amides is 2. The Bertz CT molecular complexity index is 1320. The lowest BCUT2D eigenvalue weighted by atomic mass is 10.1. The van der Waals surface area contributed by atoms with Crippen molar-refractivity contribution in [1.29, 1.82) is 0 Å². The molecular weight excluding hydrogens is 460 g/mol. The third-order valence-corrected chi connectivity index (χ3v) is 7.20. The van der Waals surface area contributed by atoms with E-state index in [4.69, 9.17) is 9.73 Å². The molecule has 1 aromatic heterocycles. The zero-order chi connectivity index (χ0) is 24.4. The number of rotatable bonds is 8. The summed E-state index contributed by atoms with van der Waals surface area (Å²) >= 11 is 1.42. The van der Waals surface area contributed by atoms with Crippen LogP contribution in [-0.2, 0) is 20.9 Å².